The van der Waals surface area contributed by atoms with Crippen molar-refractivity contribution in [3.63, 3.8) is 0 Å². The second kappa shape index (κ2) is 7.64. The largest absolute Gasteiger partial charge is 0.322 e. The van der Waals surface area contributed by atoms with Crippen LogP contribution >= 0.6 is 11.3 Å². The summed E-state index contributed by atoms with van der Waals surface area (Å²) in [7, 11) is 0. The van der Waals surface area contributed by atoms with Gasteiger partial charge in [0.05, 0.1) is 0 Å². The molecule has 0 fully saturated rings. The molecule has 2 aromatic carbocycles. The molecule has 2 heterocycles. The van der Waals surface area contributed by atoms with Crippen LogP contribution in [0.3, 0.4) is 0 Å². The predicted molar refractivity (Wildman–Crippen MR) is 104 cm³/mol. The average molecular weight is 362 g/mol. The van der Waals surface area contributed by atoms with Crippen LogP contribution in [0.25, 0.3) is 4.96 Å². The Balaban J connectivity index is 1.61. The Hall–Kier alpha value is -2.76. The maximum atomic E-state index is 12.3. The van der Waals surface area contributed by atoms with Crippen molar-refractivity contribution in [2.45, 2.75) is 19.6 Å². The van der Waals surface area contributed by atoms with E-state index in [4.69, 9.17) is 0 Å². The van der Waals surface area contributed by atoms with Crippen molar-refractivity contribution in [3.8, 4) is 0 Å². The molecule has 4 nitrogen and oxygen atoms in total. The molecule has 2 aromatic heterocycles. The van der Waals surface area contributed by atoms with Gasteiger partial charge in [-0.2, -0.15) is 0 Å². The fourth-order valence-corrected chi connectivity index (χ4v) is 3.93. The first-order chi connectivity index (χ1) is 12.8. The van der Waals surface area contributed by atoms with Gasteiger partial charge in [-0.1, -0.05) is 60.7 Å². The van der Waals surface area contributed by atoms with E-state index in [0.717, 1.165) is 23.7 Å². The number of thiazole rings is 1. The smallest absolute Gasteiger partial charge is 0.258 e. The van der Waals surface area contributed by atoms with Crippen molar-refractivity contribution < 1.29 is 4.90 Å². The van der Waals surface area contributed by atoms with Crippen molar-refractivity contribution in [2.75, 3.05) is 0 Å². The van der Waals surface area contributed by atoms with E-state index in [1.165, 1.54) is 27.4 Å². The maximum Gasteiger partial charge on any atom is 0.258 e. The molecule has 0 unspecified atom stereocenters. The number of hydrogen-bond acceptors (Lipinski definition) is 3. The second-order valence-electron chi connectivity index (χ2n) is 6.39. The van der Waals surface area contributed by atoms with Crippen molar-refractivity contribution in [1.82, 2.24) is 9.38 Å². The van der Waals surface area contributed by atoms with Crippen LogP contribution in [0.4, 0.5) is 0 Å². The van der Waals surface area contributed by atoms with E-state index in [1.807, 2.05) is 17.5 Å². The van der Waals surface area contributed by atoms with E-state index in [-0.39, 0.29) is 5.56 Å². The maximum absolute atomic E-state index is 12.3. The Morgan fingerprint density at radius 1 is 0.885 bits per heavy atom. The lowest BCUT2D eigenvalue weighted by atomic mass is 10.1. The minimum absolute atomic E-state index is 0.00924. The standard InChI is InChI=1S/C21H19N3OS/c25-20-13-19(22-21-24(20)11-12-26-21)16-23(14-17-7-3-1-4-8-17)15-18-9-5-2-6-10-18/h1-13H,14-16H2/p+1. The molecule has 26 heavy (non-hydrogen) atoms. The Bertz CT molecular complexity index is 999. The summed E-state index contributed by atoms with van der Waals surface area (Å²) in [6, 6.07) is 22.6. The van der Waals surface area contributed by atoms with Gasteiger partial charge in [-0.05, 0) is 0 Å². The zero-order chi connectivity index (χ0) is 17.8. The van der Waals surface area contributed by atoms with Crippen LogP contribution in [0.1, 0.15) is 16.8 Å². The average Bonchev–Trinajstić information content (AvgIpc) is 3.12. The lowest BCUT2D eigenvalue weighted by Crippen LogP contribution is -3.08. The summed E-state index contributed by atoms with van der Waals surface area (Å²) < 4.78 is 1.60. The Morgan fingerprint density at radius 3 is 2.12 bits per heavy atom. The first-order valence-electron chi connectivity index (χ1n) is 8.65. The summed E-state index contributed by atoms with van der Waals surface area (Å²) in [5.41, 5.74) is 3.41. The highest BCUT2D eigenvalue weighted by atomic mass is 32.1. The molecule has 0 saturated carbocycles. The molecular formula is C21H20N3OS+. The molecular weight excluding hydrogens is 342 g/mol. The van der Waals surface area contributed by atoms with Crippen LogP contribution < -0.4 is 10.5 Å². The third-order valence-corrected chi connectivity index (χ3v) is 5.14. The molecule has 0 bridgehead atoms. The van der Waals surface area contributed by atoms with Gasteiger partial charge in [0.25, 0.3) is 5.56 Å². The molecule has 0 aliphatic heterocycles. The molecule has 0 aliphatic rings. The number of hydrogen-bond donors (Lipinski definition) is 1. The van der Waals surface area contributed by atoms with Crippen LogP contribution in [0.2, 0.25) is 0 Å². The van der Waals surface area contributed by atoms with Crippen molar-refractivity contribution in [2.24, 2.45) is 0 Å². The van der Waals surface area contributed by atoms with E-state index in [2.05, 4.69) is 53.5 Å². The van der Waals surface area contributed by atoms with E-state index in [1.54, 1.807) is 16.7 Å². The highest BCUT2D eigenvalue weighted by molar-refractivity contribution is 7.15. The molecule has 0 amide bonds. The van der Waals surface area contributed by atoms with Crippen molar-refractivity contribution in [3.05, 3.63) is 105 Å². The zero-order valence-corrected chi connectivity index (χ0v) is 15.2. The number of fused-ring (bicyclic) bond motifs is 1. The molecule has 0 aliphatic carbocycles. The topological polar surface area (TPSA) is 38.8 Å². The third kappa shape index (κ3) is 3.90. The summed E-state index contributed by atoms with van der Waals surface area (Å²) in [4.78, 5) is 19.1. The SMILES string of the molecule is O=c1cc(C[NH+](Cc2ccccc2)Cc2ccccc2)nc2sccn12. The van der Waals surface area contributed by atoms with Gasteiger partial charge in [-0.15, -0.1) is 11.3 Å². The minimum atomic E-state index is -0.00924. The normalized spacial score (nSPS) is 11.3. The highest BCUT2D eigenvalue weighted by Crippen LogP contribution is 2.06. The monoisotopic (exact) mass is 362 g/mol. The molecule has 0 saturated heterocycles. The third-order valence-electron chi connectivity index (χ3n) is 4.38. The number of nitrogens with one attached hydrogen (secondary N) is 1. The number of quaternary nitrogens is 1. The van der Waals surface area contributed by atoms with Gasteiger partial charge in [-0.25, -0.2) is 4.98 Å². The predicted octanol–water partition coefficient (Wildman–Crippen LogP) is 2.54. The van der Waals surface area contributed by atoms with Crippen molar-refractivity contribution >= 4 is 16.3 Å². The summed E-state index contributed by atoms with van der Waals surface area (Å²) in [6.45, 7) is 2.50. The van der Waals surface area contributed by atoms with E-state index in [0.29, 0.717) is 6.54 Å². The summed E-state index contributed by atoms with van der Waals surface area (Å²) in [6.07, 6.45) is 1.78. The molecule has 130 valence electrons. The van der Waals surface area contributed by atoms with Gasteiger partial charge in [-0.3, -0.25) is 9.20 Å². The first kappa shape index (κ1) is 16.7. The molecule has 0 radical (unpaired) electrons. The number of rotatable bonds is 6. The molecule has 4 aromatic rings. The van der Waals surface area contributed by atoms with Gasteiger partial charge in [0.15, 0.2) is 4.96 Å². The fraction of sp³-hybridized carbons (Fsp3) is 0.143. The highest BCUT2D eigenvalue weighted by Gasteiger charge is 2.14. The Labute approximate surface area is 156 Å². The number of nitrogens with zero attached hydrogens (tertiary/aromatic N) is 2. The summed E-state index contributed by atoms with van der Waals surface area (Å²) >= 11 is 1.49. The fourth-order valence-electron chi connectivity index (χ4n) is 3.19. The van der Waals surface area contributed by atoms with Crippen LogP contribution in [0, 0.1) is 0 Å². The van der Waals surface area contributed by atoms with E-state index >= 15 is 0 Å². The lowest BCUT2D eigenvalue weighted by Gasteiger charge is -2.19. The van der Waals surface area contributed by atoms with Gasteiger partial charge < -0.3 is 4.90 Å². The summed E-state index contributed by atoms with van der Waals surface area (Å²) in [5.74, 6) is 0. The lowest BCUT2D eigenvalue weighted by molar-refractivity contribution is -0.941. The van der Waals surface area contributed by atoms with Gasteiger partial charge in [0.1, 0.15) is 25.3 Å². The van der Waals surface area contributed by atoms with Crippen LogP contribution in [0.15, 0.2) is 83.1 Å². The van der Waals surface area contributed by atoms with Gasteiger partial charge >= 0.3 is 0 Å². The second-order valence-corrected chi connectivity index (χ2v) is 7.27. The van der Waals surface area contributed by atoms with E-state index < -0.39 is 0 Å². The molecule has 1 N–H and O–H groups in total. The van der Waals surface area contributed by atoms with Crippen LogP contribution in [-0.2, 0) is 19.6 Å². The van der Waals surface area contributed by atoms with E-state index in [9.17, 15) is 4.79 Å². The molecule has 4 rings (SSSR count). The van der Waals surface area contributed by atoms with Crippen LogP contribution in [-0.4, -0.2) is 9.38 Å². The Morgan fingerprint density at radius 2 is 1.50 bits per heavy atom. The number of aromatic nitrogens is 2. The van der Waals surface area contributed by atoms with Gasteiger partial charge in [0, 0.05) is 28.8 Å². The molecule has 0 atom stereocenters. The molecule has 0 spiro atoms. The van der Waals surface area contributed by atoms with Gasteiger partial charge in [0.2, 0.25) is 0 Å². The van der Waals surface area contributed by atoms with Crippen molar-refractivity contribution in [1.29, 1.82) is 0 Å². The summed E-state index contributed by atoms with van der Waals surface area (Å²) in [5, 5.41) is 1.89. The quantitative estimate of drug-likeness (QED) is 0.572. The number of benzene rings is 2. The molecule has 5 heteroatoms. The first-order valence-corrected chi connectivity index (χ1v) is 9.53. The zero-order valence-electron chi connectivity index (χ0n) is 14.3. The van der Waals surface area contributed by atoms with Crippen LogP contribution in [0.5, 0.6) is 0 Å². The Kier molecular flexibility index (Phi) is 4.91. The minimum Gasteiger partial charge on any atom is -0.322 e.